The van der Waals surface area contributed by atoms with Crippen molar-refractivity contribution in [2.75, 3.05) is 19.7 Å². The van der Waals surface area contributed by atoms with E-state index in [0.717, 1.165) is 88.5 Å². The lowest BCUT2D eigenvalue weighted by molar-refractivity contribution is 0.0697. The Labute approximate surface area is 257 Å². The largest absolute Gasteiger partial charge is 0.512 e. The molecule has 1 saturated heterocycles. The minimum Gasteiger partial charge on any atom is -0.493 e. The van der Waals surface area contributed by atoms with Gasteiger partial charge in [-0.1, -0.05) is 73.7 Å². The summed E-state index contributed by atoms with van der Waals surface area (Å²) in [5.74, 6) is 1.87. The number of likely N-dealkylation sites (tertiary alicyclic amines) is 1. The van der Waals surface area contributed by atoms with Crippen LogP contribution in [0.5, 0.6) is 11.6 Å². The van der Waals surface area contributed by atoms with Crippen LogP contribution >= 0.6 is 0 Å². The number of carbonyl (C=O) groups is 2. The fourth-order valence-electron chi connectivity index (χ4n) is 6.23. The van der Waals surface area contributed by atoms with Crippen molar-refractivity contribution < 1.29 is 24.2 Å². The second kappa shape index (κ2) is 13.2. The molecule has 1 fully saturated rings. The van der Waals surface area contributed by atoms with Crippen LogP contribution in [0.3, 0.4) is 0 Å². The zero-order chi connectivity index (χ0) is 30.5. The van der Waals surface area contributed by atoms with Gasteiger partial charge in [0.05, 0.1) is 12.1 Å². The number of rotatable bonds is 10. The lowest BCUT2D eigenvalue weighted by Gasteiger charge is -2.30. The lowest BCUT2D eigenvalue weighted by Crippen LogP contribution is -2.37. The number of nitrogens with one attached hydrogen (secondary N) is 1. The Kier molecular flexibility index (Phi) is 8.82. The van der Waals surface area contributed by atoms with E-state index in [2.05, 4.69) is 36.2 Å². The van der Waals surface area contributed by atoms with E-state index in [9.17, 15) is 14.7 Å². The normalized spacial score (nSPS) is 13.8. The SMILES string of the molecule is CC1CCN(C(=O)c2cccc(CCc3cccc4c(CCCOc5cccc6ccccc56)c(OC(=O)O)[nH]c34)c2)CC1. The molecule has 0 aliphatic carbocycles. The van der Waals surface area contributed by atoms with Crippen molar-refractivity contribution in [2.45, 2.75) is 45.4 Å². The number of H-pyrrole nitrogens is 1. The van der Waals surface area contributed by atoms with Crippen molar-refractivity contribution in [3.8, 4) is 11.6 Å². The molecular weight excluding hydrogens is 552 g/mol. The van der Waals surface area contributed by atoms with Crippen LogP contribution in [0.1, 0.15) is 53.2 Å². The second-order valence-electron chi connectivity index (χ2n) is 11.7. The highest BCUT2D eigenvalue weighted by atomic mass is 16.7. The zero-order valence-corrected chi connectivity index (χ0v) is 25.1. The molecule has 0 unspecified atom stereocenters. The Balaban J connectivity index is 1.15. The highest BCUT2D eigenvalue weighted by molar-refractivity contribution is 5.94. The molecular formula is C37H38N2O5. The van der Waals surface area contributed by atoms with Gasteiger partial charge >= 0.3 is 6.16 Å². The summed E-state index contributed by atoms with van der Waals surface area (Å²) >= 11 is 0. The summed E-state index contributed by atoms with van der Waals surface area (Å²) in [5, 5.41) is 12.6. The maximum atomic E-state index is 13.1. The number of hydrogen-bond acceptors (Lipinski definition) is 4. The van der Waals surface area contributed by atoms with Gasteiger partial charge in [-0.15, -0.1) is 0 Å². The van der Waals surface area contributed by atoms with E-state index >= 15 is 0 Å². The Morgan fingerprint density at radius 3 is 2.48 bits per heavy atom. The van der Waals surface area contributed by atoms with Crippen LogP contribution in [0.2, 0.25) is 0 Å². The number of fused-ring (bicyclic) bond motifs is 2. The molecule has 1 amide bonds. The van der Waals surface area contributed by atoms with Crippen molar-refractivity contribution >= 4 is 33.7 Å². The quantitative estimate of drug-likeness (QED) is 0.127. The van der Waals surface area contributed by atoms with Crippen LogP contribution in [0.4, 0.5) is 4.79 Å². The Morgan fingerprint density at radius 1 is 0.886 bits per heavy atom. The fourth-order valence-corrected chi connectivity index (χ4v) is 6.23. The number of piperidine rings is 1. The molecule has 0 saturated carbocycles. The van der Waals surface area contributed by atoms with Gasteiger partial charge in [-0.05, 0) is 79.2 Å². The minimum absolute atomic E-state index is 0.106. The molecule has 2 N–H and O–H groups in total. The van der Waals surface area contributed by atoms with Crippen LogP contribution in [0.15, 0.2) is 84.9 Å². The molecule has 7 nitrogen and oxygen atoms in total. The van der Waals surface area contributed by atoms with Crippen molar-refractivity contribution in [2.24, 2.45) is 5.92 Å². The number of aromatic amines is 1. The van der Waals surface area contributed by atoms with Crippen LogP contribution in [0.25, 0.3) is 21.7 Å². The molecule has 0 atom stereocenters. The number of nitrogens with zero attached hydrogens (tertiary/aromatic N) is 1. The van der Waals surface area contributed by atoms with Gasteiger partial charge in [0.2, 0.25) is 5.88 Å². The summed E-state index contributed by atoms with van der Waals surface area (Å²) in [6, 6.07) is 28.1. The third kappa shape index (κ3) is 6.57. The smallest absolute Gasteiger partial charge is 0.493 e. The number of hydrogen-bond donors (Lipinski definition) is 2. The molecule has 0 radical (unpaired) electrons. The summed E-state index contributed by atoms with van der Waals surface area (Å²) in [6.45, 7) is 4.36. The Hall–Kier alpha value is -4.78. The van der Waals surface area contributed by atoms with E-state index < -0.39 is 6.16 Å². The van der Waals surface area contributed by atoms with Gasteiger partial charge in [-0.2, -0.15) is 0 Å². The number of para-hydroxylation sites is 1. The first-order chi connectivity index (χ1) is 21.5. The van der Waals surface area contributed by atoms with Crippen LogP contribution in [-0.4, -0.2) is 46.7 Å². The number of amides is 1. The molecule has 1 aliphatic heterocycles. The van der Waals surface area contributed by atoms with E-state index in [0.29, 0.717) is 25.4 Å². The van der Waals surface area contributed by atoms with E-state index in [1.165, 1.54) is 0 Å². The monoisotopic (exact) mass is 590 g/mol. The number of carbonyl (C=O) groups excluding carboxylic acids is 1. The Morgan fingerprint density at radius 2 is 1.64 bits per heavy atom. The maximum absolute atomic E-state index is 13.1. The highest BCUT2D eigenvalue weighted by Crippen LogP contribution is 2.33. The first kappa shape index (κ1) is 29.3. The third-order valence-corrected chi connectivity index (χ3v) is 8.68. The standard InChI is InChI=1S/C37H38N2O5/c1-25-19-21-39(22-20-25)36(40)29-12-4-8-26(24-29)17-18-28-11-5-14-31-32(35(38-34(28)31)44-37(41)42)15-7-23-43-33-16-6-10-27-9-2-3-13-30(27)33/h2-6,8-14,16,24-25,38H,7,15,17-23H2,1H3,(H,41,42). The van der Waals surface area contributed by atoms with Crippen LogP contribution < -0.4 is 9.47 Å². The van der Waals surface area contributed by atoms with Crippen molar-refractivity contribution in [3.63, 3.8) is 0 Å². The molecule has 0 bridgehead atoms. The third-order valence-electron chi connectivity index (χ3n) is 8.68. The lowest BCUT2D eigenvalue weighted by atomic mass is 9.97. The number of benzene rings is 4. The van der Waals surface area contributed by atoms with Gasteiger partial charge < -0.3 is 24.5 Å². The van der Waals surface area contributed by atoms with Crippen molar-refractivity contribution in [3.05, 3.63) is 107 Å². The molecule has 5 aromatic rings. The molecule has 44 heavy (non-hydrogen) atoms. The molecule has 1 aromatic heterocycles. The second-order valence-corrected chi connectivity index (χ2v) is 11.7. The van der Waals surface area contributed by atoms with Crippen molar-refractivity contribution in [1.82, 2.24) is 9.88 Å². The summed E-state index contributed by atoms with van der Waals surface area (Å²) in [6.07, 6.45) is 3.52. The summed E-state index contributed by atoms with van der Waals surface area (Å²) < 4.78 is 11.3. The van der Waals surface area contributed by atoms with Gasteiger partial charge in [0.25, 0.3) is 5.91 Å². The molecule has 0 spiro atoms. The van der Waals surface area contributed by atoms with Crippen LogP contribution in [0, 0.1) is 5.92 Å². The van der Waals surface area contributed by atoms with E-state index in [1.54, 1.807) is 0 Å². The molecule has 4 aromatic carbocycles. The topological polar surface area (TPSA) is 91.9 Å². The predicted octanol–water partition coefficient (Wildman–Crippen LogP) is 8.05. The summed E-state index contributed by atoms with van der Waals surface area (Å²) in [4.78, 5) is 29.9. The van der Waals surface area contributed by atoms with Gasteiger partial charge in [-0.25, -0.2) is 4.79 Å². The first-order valence-electron chi connectivity index (χ1n) is 15.5. The van der Waals surface area contributed by atoms with Crippen molar-refractivity contribution in [1.29, 1.82) is 0 Å². The van der Waals surface area contributed by atoms with Crippen LogP contribution in [-0.2, 0) is 19.3 Å². The number of aryl methyl sites for hydroxylation is 3. The van der Waals surface area contributed by atoms with Gasteiger partial charge in [0, 0.05) is 35.0 Å². The van der Waals surface area contributed by atoms with Gasteiger partial charge in [-0.3, -0.25) is 4.79 Å². The minimum atomic E-state index is -1.35. The summed E-state index contributed by atoms with van der Waals surface area (Å²) in [5.41, 5.74) is 4.60. The fraction of sp³-hybridized carbons (Fsp3) is 0.297. The average Bonchev–Trinajstić information content (AvgIpc) is 3.39. The van der Waals surface area contributed by atoms with Gasteiger partial charge in [0.1, 0.15) is 5.75 Å². The predicted molar refractivity (Wildman–Crippen MR) is 173 cm³/mol. The number of carboxylic acid groups (broad SMARTS) is 1. The van der Waals surface area contributed by atoms with E-state index in [-0.39, 0.29) is 11.8 Å². The van der Waals surface area contributed by atoms with E-state index in [4.69, 9.17) is 9.47 Å². The highest BCUT2D eigenvalue weighted by Gasteiger charge is 2.22. The van der Waals surface area contributed by atoms with E-state index in [1.807, 2.05) is 65.6 Å². The molecule has 1 aliphatic rings. The number of ether oxygens (including phenoxy) is 2. The molecule has 226 valence electrons. The Bertz CT molecular complexity index is 1780. The first-order valence-corrected chi connectivity index (χ1v) is 15.5. The van der Waals surface area contributed by atoms with Gasteiger partial charge in [0.15, 0.2) is 0 Å². The summed E-state index contributed by atoms with van der Waals surface area (Å²) in [7, 11) is 0. The average molecular weight is 591 g/mol. The zero-order valence-electron chi connectivity index (χ0n) is 25.1. The number of aromatic nitrogens is 1. The maximum Gasteiger partial charge on any atom is 0.512 e. The molecule has 2 heterocycles. The molecule has 6 rings (SSSR count). The molecule has 7 heteroatoms.